The largest absolute Gasteiger partial charge is 0.359 e. The van der Waals surface area contributed by atoms with Gasteiger partial charge in [-0.05, 0) is 51.1 Å². The van der Waals surface area contributed by atoms with Gasteiger partial charge in [0, 0.05) is 38.7 Å². The average Bonchev–Trinajstić information content (AvgIpc) is 3.40. The van der Waals surface area contributed by atoms with Crippen molar-refractivity contribution in [1.82, 2.24) is 20.3 Å². The molecule has 0 aromatic carbocycles. The maximum atomic E-state index is 5.52. The van der Waals surface area contributed by atoms with Crippen LogP contribution in [-0.2, 0) is 6.54 Å². The van der Waals surface area contributed by atoms with Gasteiger partial charge in [-0.1, -0.05) is 19.0 Å². The molecule has 0 aliphatic carbocycles. The first-order chi connectivity index (χ1) is 12.7. The molecule has 2 aliphatic rings. The summed E-state index contributed by atoms with van der Waals surface area (Å²) >= 11 is 0. The van der Waals surface area contributed by atoms with Crippen molar-refractivity contribution in [3.63, 3.8) is 0 Å². The summed E-state index contributed by atoms with van der Waals surface area (Å²) in [6.07, 6.45) is 6.21. The molecule has 1 N–H and O–H groups in total. The number of halogens is 1. The molecule has 6 nitrogen and oxygen atoms in total. The van der Waals surface area contributed by atoms with Crippen LogP contribution in [0.4, 0.5) is 0 Å². The Hall–Kier alpha value is -0.830. The van der Waals surface area contributed by atoms with Crippen molar-refractivity contribution < 1.29 is 4.52 Å². The molecule has 3 heterocycles. The first kappa shape index (κ1) is 22.5. The van der Waals surface area contributed by atoms with E-state index >= 15 is 0 Å². The van der Waals surface area contributed by atoms with Crippen LogP contribution < -0.4 is 5.32 Å². The van der Waals surface area contributed by atoms with E-state index in [1.165, 1.54) is 38.9 Å². The van der Waals surface area contributed by atoms with Gasteiger partial charge >= 0.3 is 0 Å². The average molecular weight is 489 g/mol. The summed E-state index contributed by atoms with van der Waals surface area (Å²) < 4.78 is 5.52. The van der Waals surface area contributed by atoms with E-state index in [0.29, 0.717) is 12.5 Å². The van der Waals surface area contributed by atoms with Gasteiger partial charge in [-0.3, -0.25) is 4.99 Å². The smallest absolute Gasteiger partial charge is 0.194 e. The zero-order chi connectivity index (χ0) is 18.4. The molecule has 1 aromatic rings. The normalized spacial score (nSPS) is 21.1. The summed E-state index contributed by atoms with van der Waals surface area (Å²) in [6, 6.07) is 2.10. The number of nitrogens with zero attached hydrogens (tertiary/aromatic N) is 4. The summed E-state index contributed by atoms with van der Waals surface area (Å²) in [4.78, 5) is 9.49. The molecule has 1 unspecified atom stereocenters. The SMILES string of the molecule is CCC(CC)c1cc(CNC(=NC)N2CCC(CN3CCCC3)C2)on1.I. The first-order valence-corrected chi connectivity index (χ1v) is 10.4. The van der Waals surface area contributed by atoms with Gasteiger partial charge < -0.3 is 19.6 Å². The minimum absolute atomic E-state index is 0. The second kappa shape index (κ2) is 11.2. The molecule has 2 saturated heterocycles. The van der Waals surface area contributed by atoms with Crippen LogP contribution in [0.15, 0.2) is 15.6 Å². The highest BCUT2D eigenvalue weighted by Crippen LogP contribution is 2.23. The molecule has 2 aliphatic heterocycles. The molecule has 2 fully saturated rings. The van der Waals surface area contributed by atoms with E-state index in [0.717, 1.165) is 49.3 Å². The lowest BCUT2D eigenvalue weighted by atomic mass is 9.99. The lowest BCUT2D eigenvalue weighted by Gasteiger charge is -2.23. The van der Waals surface area contributed by atoms with E-state index in [4.69, 9.17) is 4.52 Å². The van der Waals surface area contributed by atoms with E-state index in [2.05, 4.69) is 45.2 Å². The van der Waals surface area contributed by atoms with Gasteiger partial charge in [0.05, 0.1) is 12.2 Å². The van der Waals surface area contributed by atoms with E-state index in [1.807, 2.05) is 7.05 Å². The van der Waals surface area contributed by atoms with Gasteiger partial charge in [0.15, 0.2) is 11.7 Å². The fraction of sp³-hybridized carbons (Fsp3) is 0.800. The highest BCUT2D eigenvalue weighted by molar-refractivity contribution is 14.0. The fourth-order valence-electron chi connectivity index (χ4n) is 4.31. The summed E-state index contributed by atoms with van der Waals surface area (Å²) in [6.45, 7) is 11.1. The number of likely N-dealkylation sites (tertiary alicyclic amines) is 2. The second-order valence-corrected chi connectivity index (χ2v) is 7.74. The maximum Gasteiger partial charge on any atom is 0.194 e. The quantitative estimate of drug-likeness (QED) is 0.360. The molecule has 7 heteroatoms. The molecule has 0 amide bonds. The van der Waals surface area contributed by atoms with Crippen molar-refractivity contribution in [3.8, 4) is 0 Å². The Morgan fingerprint density at radius 3 is 2.70 bits per heavy atom. The summed E-state index contributed by atoms with van der Waals surface area (Å²) in [5, 5.41) is 7.71. The van der Waals surface area contributed by atoms with Crippen molar-refractivity contribution in [2.45, 2.75) is 58.4 Å². The highest BCUT2D eigenvalue weighted by atomic mass is 127. The van der Waals surface area contributed by atoms with Gasteiger partial charge in [-0.2, -0.15) is 0 Å². The van der Waals surface area contributed by atoms with Gasteiger partial charge in [-0.15, -0.1) is 24.0 Å². The van der Waals surface area contributed by atoms with Gasteiger partial charge in [0.1, 0.15) is 0 Å². The molecule has 3 rings (SSSR count). The first-order valence-electron chi connectivity index (χ1n) is 10.4. The Morgan fingerprint density at radius 1 is 1.30 bits per heavy atom. The summed E-state index contributed by atoms with van der Waals surface area (Å²) in [5.41, 5.74) is 1.08. The number of hydrogen-bond donors (Lipinski definition) is 1. The monoisotopic (exact) mass is 489 g/mol. The van der Waals surface area contributed by atoms with Gasteiger partial charge in [0.25, 0.3) is 0 Å². The van der Waals surface area contributed by atoms with Gasteiger partial charge in [-0.25, -0.2) is 0 Å². The predicted molar refractivity (Wildman–Crippen MR) is 121 cm³/mol. The van der Waals surface area contributed by atoms with E-state index in [9.17, 15) is 0 Å². The van der Waals surface area contributed by atoms with Crippen LogP contribution >= 0.6 is 24.0 Å². The van der Waals surface area contributed by atoms with Crippen molar-refractivity contribution >= 4 is 29.9 Å². The molecular formula is C20H36IN5O. The molecule has 0 bridgehead atoms. The molecule has 0 spiro atoms. The van der Waals surface area contributed by atoms with Crippen LogP contribution in [-0.4, -0.2) is 60.7 Å². The minimum Gasteiger partial charge on any atom is -0.359 e. The lowest BCUT2D eigenvalue weighted by Crippen LogP contribution is -2.40. The van der Waals surface area contributed by atoms with Crippen LogP contribution in [0.1, 0.15) is 63.3 Å². The lowest BCUT2D eigenvalue weighted by molar-refractivity contribution is 0.281. The highest BCUT2D eigenvalue weighted by Gasteiger charge is 2.27. The standard InChI is InChI=1S/C20H35N5O.HI/c1-4-17(5-2)19-12-18(26-23-19)13-22-20(21-3)25-11-8-16(15-25)14-24-9-6-7-10-24;/h12,16-17H,4-11,13-15H2,1-3H3,(H,21,22);1H. The fourth-order valence-corrected chi connectivity index (χ4v) is 4.31. The van der Waals surface area contributed by atoms with Crippen LogP contribution in [0, 0.1) is 5.92 Å². The maximum absolute atomic E-state index is 5.52. The summed E-state index contributed by atoms with van der Waals surface area (Å²) in [5.74, 6) is 3.13. The Kier molecular flexibility index (Phi) is 9.35. The van der Waals surface area contributed by atoms with Crippen LogP contribution in [0.3, 0.4) is 0 Å². The molecule has 1 atom stereocenters. The Morgan fingerprint density at radius 2 is 2.04 bits per heavy atom. The van der Waals surface area contributed by atoms with Crippen molar-refractivity contribution in [3.05, 3.63) is 17.5 Å². The topological polar surface area (TPSA) is 56.9 Å². The van der Waals surface area contributed by atoms with E-state index < -0.39 is 0 Å². The number of aliphatic imine (C=N–C) groups is 1. The van der Waals surface area contributed by atoms with Crippen molar-refractivity contribution in [1.29, 1.82) is 0 Å². The molecule has 1 aromatic heterocycles. The minimum atomic E-state index is 0. The van der Waals surface area contributed by atoms with Crippen LogP contribution in [0.25, 0.3) is 0 Å². The summed E-state index contributed by atoms with van der Waals surface area (Å²) in [7, 11) is 1.87. The zero-order valence-electron chi connectivity index (χ0n) is 17.1. The number of rotatable bonds is 7. The van der Waals surface area contributed by atoms with Crippen molar-refractivity contribution in [2.24, 2.45) is 10.9 Å². The third-order valence-electron chi connectivity index (χ3n) is 5.91. The molecular weight excluding hydrogens is 453 g/mol. The Bertz CT molecular complexity index is 581. The number of aromatic nitrogens is 1. The predicted octanol–water partition coefficient (Wildman–Crippen LogP) is 3.69. The zero-order valence-corrected chi connectivity index (χ0v) is 19.4. The van der Waals surface area contributed by atoms with Gasteiger partial charge in [0.2, 0.25) is 0 Å². The molecule has 154 valence electrons. The van der Waals surface area contributed by atoms with E-state index in [-0.39, 0.29) is 24.0 Å². The van der Waals surface area contributed by atoms with Crippen LogP contribution in [0.2, 0.25) is 0 Å². The number of guanidine groups is 1. The third-order valence-corrected chi connectivity index (χ3v) is 5.91. The van der Waals surface area contributed by atoms with Crippen LogP contribution in [0.5, 0.6) is 0 Å². The third kappa shape index (κ3) is 6.07. The number of hydrogen-bond acceptors (Lipinski definition) is 4. The van der Waals surface area contributed by atoms with E-state index in [1.54, 1.807) is 0 Å². The molecule has 27 heavy (non-hydrogen) atoms. The molecule has 0 radical (unpaired) electrons. The van der Waals surface area contributed by atoms with Crippen molar-refractivity contribution in [2.75, 3.05) is 39.8 Å². The molecule has 0 saturated carbocycles. The Labute approximate surface area is 181 Å². The number of nitrogens with one attached hydrogen (secondary N) is 1. The Balaban J connectivity index is 0.00000261. The second-order valence-electron chi connectivity index (χ2n) is 7.74.